The Balaban J connectivity index is 1.78. The Morgan fingerprint density at radius 1 is 1.21 bits per heavy atom. The number of benzene rings is 1. The molecule has 2 aliphatic rings. The first-order valence-corrected chi connectivity index (χ1v) is 7.88. The van der Waals surface area contributed by atoms with Gasteiger partial charge in [0.1, 0.15) is 13.2 Å². The van der Waals surface area contributed by atoms with Gasteiger partial charge in [-0.2, -0.15) is 0 Å². The molecule has 19 heavy (non-hydrogen) atoms. The van der Waals surface area contributed by atoms with E-state index in [1.54, 1.807) is 0 Å². The van der Waals surface area contributed by atoms with Crippen molar-refractivity contribution in [1.82, 2.24) is 0 Å². The Hall–Kier alpha value is -0.450. The molecule has 104 valence electrons. The number of rotatable bonds is 3. The second-order valence-electron chi connectivity index (χ2n) is 4.86. The predicted octanol–water partition coefficient (Wildman–Crippen LogP) is 4.12. The molecule has 0 N–H and O–H groups in total. The van der Waals surface area contributed by atoms with Gasteiger partial charge in [0.05, 0.1) is 6.10 Å². The highest BCUT2D eigenvalue weighted by atomic mass is 79.9. The van der Waals surface area contributed by atoms with Crippen molar-refractivity contribution in [3.63, 3.8) is 0 Å². The second kappa shape index (κ2) is 5.90. The van der Waals surface area contributed by atoms with E-state index in [-0.39, 0.29) is 4.83 Å². The standard InChI is InChI=1S/C14H16BrClO3/c15-11(6-9-2-1-3-17-9)10-7-13-14(8-12(10)16)19-5-4-18-13/h7-9,11H,1-6H2. The Labute approximate surface area is 126 Å². The van der Waals surface area contributed by atoms with Crippen molar-refractivity contribution in [1.29, 1.82) is 0 Å². The zero-order chi connectivity index (χ0) is 13.2. The molecule has 0 spiro atoms. The molecule has 2 aliphatic heterocycles. The summed E-state index contributed by atoms with van der Waals surface area (Å²) >= 11 is 10.0. The molecule has 2 heterocycles. The molecule has 5 heteroatoms. The van der Waals surface area contributed by atoms with Crippen LogP contribution >= 0.6 is 27.5 Å². The smallest absolute Gasteiger partial charge is 0.162 e. The van der Waals surface area contributed by atoms with Crippen LogP contribution < -0.4 is 9.47 Å². The van der Waals surface area contributed by atoms with E-state index in [2.05, 4.69) is 15.9 Å². The molecule has 1 fully saturated rings. The topological polar surface area (TPSA) is 27.7 Å². The van der Waals surface area contributed by atoms with E-state index < -0.39 is 0 Å². The molecule has 0 aliphatic carbocycles. The Morgan fingerprint density at radius 2 is 1.95 bits per heavy atom. The third-order valence-corrected chi connectivity index (χ3v) is 4.69. The highest BCUT2D eigenvalue weighted by Gasteiger charge is 2.24. The Morgan fingerprint density at radius 3 is 2.63 bits per heavy atom. The molecule has 0 amide bonds. The molecule has 0 radical (unpaired) electrons. The summed E-state index contributed by atoms with van der Waals surface area (Å²) in [5, 5.41) is 0.712. The molecular formula is C14H16BrClO3. The van der Waals surface area contributed by atoms with Crippen LogP contribution in [0.25, 0.3) is 0 Å². The molecule has 2 atom stereocenters. The first-order chi connectivity index (χ1) is 9.24. The zero-order valence-electron chi connectivity index (χ0n) is 10.5. The minimum absolute atomic E-state index is 0.180. The largest absolute Gasteiger partial charge is 0.486 e. The average molecular weight is 348 g/mol. The maximum atomic E-state index is 6.34. The van der Waals surface area contributed by atoms with E-state index in [9.17, 15) is 0 Å². The third kappa shape index (κ3) is 3.01. The highest BCUT2D eigenvalue weighted by Crippen LogP contribution is 2.42. The van der Waals surface area contributed by atoms with Gasteiger partial charge in [-0.05, 0) is 30.9 Å². The van der Waals surface area contributed by atoms with E-state index >= 15 is 0 Å². The van der Waals surface area contributed by atoms with Crippen LogP contribution in [-0.2, 0) is 4.74 Å². The van der Waals surface area contributed by atoms with Crippen molar-refractivity contribution in [3.8, 4) is 11.5 Å². The lowest BCUT2D eigenvalue weighted by Gasteiger charge is -2.22. The summed E-state index contributed by atoms with van der Waals surface area (Å²) in [6.07, 6.45) is 3.54. The molecule has 0 bridgehead atoms. The lowest BCUT2D eigenvalue weighted by molar-refractivity contribution is 0.104. The van der Waals surface area contributed by atoms with Gasteiger partial charge in [-0.3, -0.25) is 0 Å². The summed E-state index contributed by atoms with van der Waals surface area (Å²) < 4.78 is 16.8. The monoisotopic (exact) mass is 346 g/mol. The van der Waals surface area contributed by atoms with Crippen molar-refractivity contribution in [2.75, 3.05) is 19.8 Å². The lowest BCUT2D eigenvalue weighted by Crippen LogP contribution is -2.16. The van der Waals surface area contributed by atoms with Gasteiger partial charge in [0.2, 0.25) is 0 Å². The second-order valence-corrected chi connectivity index (χ2v) is 6.37. The fourth-order valence-corrected chi connectivity index (χ4v) is 3.72. The molecule has 3 nitrogen and oxygen atoms in total. The number of fused-ring (bicyclic) bond motifs is 1. The van der Waals surface area contributed by atoms with Crippen LogP contribution in [0.1, 0.15) is 29.7 Å². The fraction of sp³-hybridized carbons (Fsp3) is 0.571. The minimum atomic E-state index is 0.180. The number of hydrogen-bond donors (Lipinski definition) is 0. The van der Waals surface area contributed by atoms with E-state index in [1.165, 1.54) is 0 Å². The summed E-state index contributed by atoms with van der Waals surface area (Å²) in [4.78, 5) is 0.180. The normalized spacial score (nSPS) is 23.4. The summed E-state index contributed by atoms with van der Waals surface area (Å²) in [7, 11) is 0. The number of alkyl halides is 1. The SMILES string of the molecule is Clc1cc2c(cc1C(Br)CC1CCCO1)OCCO2. The summed E-state index contributed by atoms with van der Waals surface area (Å²) in [5.74, 6) is 1.51. The van der Waals surface area contributed by atoms with Gasteiger partial charge >= 0.3 is 0 Å². The summed E-state index contributed by atoms with van der Waals surface area (Å²) in [5.41, 5.74) is 1.04. The van der Waals surface area contributed by atoms with E-state index in [1.807, 2.05) is 12.1 Å². The Bertz CT molecular complexity index is 460. The number of halogens is 2. The van der Waals surface area contributed by atoms with Crippen LogP contribution in [0.2, 0.25) is 5.02 Å². The van der Waals surface area contributed by atoms with Gasteiger partial charge < -0.3 is 14.2 Å². The zero-order valence-corrected chi connectivity index (χ0v) is 12.9. The maximum Gasteiger partial charge on any atom is 0.162 e. The first-order valence-electron chi connectivity index (χ1n) is 6.59. The van der Waals surface area contributed by atoms with Crippen LogP contribution in [-0.4, -0.2) is 25.9 Å². The summed E-state index contributed by atoms with van der Waals surface area (Å²) in [6.45, 7) is 2.04. The van der Waals surface area contributed by atoms with Gasteiger partial charge in [0.25, 0.3) is 0 Å². The van der Waals surface area contributed by atoms with Gasteiger partial charge in [-0.15, -0.1) is 0 Å². The predicted molar refractivity (Wildman–Crippen MR) is 77.7 cm³/mol. The molecule has 1 aromatic carbocycles. The third-order valence-electron chi connectivity index (χ3n) is 3.49. The van der Waals surface area contributed by atoms with Gasteiger partial charge in [0.15, 0.2) is 11.5 Å². The van der Waals surface area contributed by atoms with Crippen molar-refractivity contribution >= 4 is 27.5 Å². The molecular weight excluding hydrogens is 332 g/mol. The average Bonchev–Trinajstić information content (AvgIpc) is 2.90. The van der Waals surface area contributed by atoms with E-state index in [0.29, 0.717) is 24.3 Å². The molecule has 0 aromatic heterocycles. The Kier molecular flexibility index (Phi) is 4.20. The van der Waals surface area contributed by atoms with Crippen LogP contribution in [0.3, 0.4) is 0 Å². The van der Waals surface area contributed by atoms with Crippen molar-refractivity contribution in [2.24, 2.45) is 0 Å². The van der Waals surface area contributed by atoms with Crippen molar-refractivity contribution < 1.29 is 14.2 Å². The van der Waals surface area contributed by atoms with Crippen molar-refractivity contribution in [3.05, 3.63) is 22.7 Å². The molecule has 0 saturated carbocycles. The number of hydrogen-bond acceptors (Lipinski definition) is 3. The molecule has 2 unspecified atom stereocenters. The van der Waals surface area contributed by atoms with Crippen LogP contribution in [0.4, 0.5) is 0 Å². The lowest BCUT2D eigenvalue weighted by atomic mass is 10.0. The molecule has 3 rings (SSSR count). The van der Waals surface area contributed by atoms with E-state index in [4.69, 9.17) is 25.8 Å². The van der Waals surface area contributed by atoms with Gasteiger partial charge in [-0.25, -0.2) is 0 Å². The summed E-state index contributed by atoms with van der Waals surface area (Å²) in [6, 6.07) is 3.82. The fourth-order valence-electron chi connectivity index (χ4n) is 2.51. The van der Waals surface area contributed by atoms with Crippen molar-refractivity contribution in [2.45, 2.75) is 30.2 Å². The molecule has 1 aromatic rings. The van der Waals surface area contributed by atoms with Crippen LogP contribution in [0.15, 0.2) is 12.1 Å². The van der Waals surface area contributed by atoms with Crippen LogP contribution in [0.5, 0.6) is 11.5 Å². The minimum Gasteiger partial charge on any atom is -0.486 e. The maximum absolute atomic E-state index is 6.34. The number of ether oxygens (including phenoxy) is 3. The van der Waals surface area contributed by atoms with E-state index in [0.717, 1.165) is 42.9 Å². The van der Waals surface area contributed by atoms with Gasteiger partial charge in [0, 0.05) is 22.5 Å². The first kappa shape index (κ1) is 13.5. The highest BCUT2D eigenvalue weighted by molar-refractivity contribution is 9.09. The van der Waals surface area contributed by atoms with Crippen LogP contribution in [0, 0.1) is 0 Å². The van der Waals surface area contributed by atoms with Gasteiger partial charge in [-0.1, -0.05) is 27.5 Å². The molecule has 1 saturated heterocycles. The quantitative estimate of drug-likeness (QED) is 0.770.